The first kappa shape index (κ1) is 7.87. The maximum Gasteiger partial charge on any atom is 0.179 e. The summed E-state index contributed by atoms with van der Waals surface area (Å²) in [4.78, 5) is 11.4. The van der Waals surface area contributed by atoms with Gasteiger partial charge in [0, 0.05) is 13.0 Å². The van der Waals surface area contributed by atoms with Crippen LogP contribution in [0.3, 0.4) is 0 Å². The summed E-state index contributed by atoms with van der Waals surface area (Å²) in [5.74, 6) is 0.227. The van der Waals surface area contributed by atoms with Gasteiger partial charge in [-0.25, -0.2) is 0 Å². The molecule has 1 aliphatic heterocycles. The fraction of sp³-hybridized carbons (Fsp3) is 0.444. The molecule has 1 aromatic rings. The Kier molecular flexibility index (Phi) is 1.72. The van der Waals surface area contributed by atoms with Crippen molar-refractivity contribution in [2.45, 2.75) is 26.3 Å². The summed E-state index contributed by atoms with van der Waals surface area (Å²) in [6.07, 6.45) is 1.58. The summed E-state index contributed by atoms with van der Waals surface area (Å²) in [5.41, 5.74) is 1.82. The number of rotatable bonds is 0. The molecular weight excluding hydrogens is 174 g/mol. The molecule has 0 amide bonds. The fourth-order valence-corrected chi connectivity index (χ4v) is 2.08. The molecule has 2 nitrogen and oxygen atoms in total. The van der Waals surface area contributed by atoms with Gasteiger partial charge in [-0.05, 0) is 25.0 Å². The van der Waals surface area contributed by atoms with Crippen molar-refractivity contribution in [1.29, 1.82) is 0 Å². The number of aryl methyl sites for hydroxylation is 1. The van der Waals surface area contributed by atoms with Crippen molar-refractivity contribution in [3.05, 3.63) is 22.5 Å². The number of ketones is 1. The van der Waals surface area contributed by atoms with Crippen LogP contribution < -0.4 is 0 Å². The summed E-state index contributed by atoms with van der Waals surface area (Å²) >= 11 is 5.94. The maximum absolute atomic E-state index is 11.4. The van der Waals surface area contributed by atoms with E-state index < -0.39 is 0 Å². The van der Waals surface area contributed by atoms with Gasteiger partial charge in [-0.3, -0.25) is 4.79 Å². The first-order valence-corrected chi connectivity index (χ1v) is 4.47. The quantitative estimate of drug-likeness (QED) is 0.606. The molecule has 2 rings (SSSR count). The first-order chi connectivity index (χ1) is 5.70. The second-order valence-electron chi connectivity index (χ2n) is 3.18. The molecule has 64 valence electrons. The molecule has 0 atom stereocenters. The summed E-state index contributed by atoms with van der Waals surface area (Å²) < 4.78 is 1.91. The molecule has 3 heteroatoms. The van der Waals surface area contributed by atoms with Gasteiger partial charge in [0.05, 0.1) is 5.69 Å². The number of hydrogen-bond donors (Lipinski definition) is 0. The van der Waals surface area contributed by atoms with Crippen LogP contribution in [0.15, 0.2) is 6.07 Å². The lowest BCUT2D eigenvalue weighted by Gasteiger charge is -2.15. The number of Topliss-reactive ketones (excluding diaryl/α,β-unsaturated/α-hetero) is 1. The third-order valence-corrected chi connectivity index (χ3v) is 2.60. The molecule has 0 unspecified atom stereocenters. The third-order valence-electron chi connectivity index (χ3n) is 2.29. The summed E-state index contributed by atoms with van der Waals surface area (Å²) in [6, 6.07) is 1.86. The summed E-state index contributed by atoms with van der Waals surface area (Å²) in [5, 5.41) is 0.690. The van der Waals surface area contributed by atoms with Crippen molar-refractivity contribution in [2.75, 3.05) is 0 Å². The largest absolute Gasteiger partial charge is 0.329 e. The van der Waals surface area contributed by atoms with E-state index in [1.54, 1.807) is 0 Å². The van der Waals surface area contributed by atoms with E-state index in [9.17, 15) is 4.79 Å². The lowest BCUT2D eigenvalue weighted by molar-refractivity contribution is 0.0954. The third kappa shape index (κ3) is 0.985. The molecule has 0 N–H and O–H groups in total. The van der Waals surface area contributed by atoms with Crippen molar-refractivity contribution in [2.24, 2.45) is 0 Å². The van der Waals surface area contributed by atoms with E-state index in [0.717, 1.165) is 24.2 Å². The Morgan fingerprint density at radius 1 is 1.58 bits per heavy atom. The van der Waals surface area contributed by atoms with E-state index >= 15 is 0 Å². The van der Waals surface area contributed by atoms with Crippen LogP contribution >= 0.6 is 11.6 Å². The number of fused-ring (bicyclic) bond motifs is 1. The predicted molar refractivity (Wildman–Crippen MR) is 47.7 cm³/mol. The van der Waals surface area contributed by atoms with Crippen LogP contribution in [-0.2, 0) is 6.54 Å². The minimum atomic E-state index is 0.227. The van der Waals surface area contributed by atoms with Gasteiger partial charge in [0.25, 0.3) is 0 Å². The maximum atomic E-state index is 11.4. The molecule has 0 fully saturated rings. The number of halogens is 1. The molecule has 0 saturated carbocycles. The van der Waals surface area contributed by atoms with E-state index in [1.807, 2.05) is 17.6 Å². The highest BCUT2D eigenvalue weighted by Crippen LogP contribution is 2.25. The standard InChI is InChI=1S/C9H10ClNO/c1-6-5-8(10)11-4-2-3-7(12)9(6)11/h5H,2-4H2,1H3. The summed E-state index contributed by atoms with van der Waals surface area (Å²) in [7, 11) is 0. The van der Waals surface area contributed by atoms with Crippen LogP contribution in [0, 0.1) is 6.92 Å². The van der Waals surface area contributed by atoms with Gasteiger partial charge in [0.2, 0.25) is 0 Å². The monoisotopic (exact) mass is 183 g/mol. The number of aromatic nitrogens is 1. The summed E-state index contributed by atoms with van der Waals surface area (Å²) in [6.45, 7) is 2.81. The molecule has 1 aromatic heterocycles. The Bertz CT molecular complexity index is 341. The van der Waals surface area contributed by atoms with Crippen molar-refractivity contribution >= 4 is 17.4 Å². The normalized spacial score (nSPS) is 16.3. The van der Waals surface area contributed by atoms with E-state index in [0.29, 0.717) is 11.6 Å². The van der Waals surface area contributed by atoms with Gasteiger partial charge in [0.15, 0.2) is 5.78 Å². The van der Waals surface area contributed by atoms with Crippen molar-refractivity contribution < 1.29 is 4.79 Å². The highest BCUT2D eigenvalue weighted by atomic mass is 35.5. The molecule has 0 aliphatic carbocycles. The Labute approximate surface area is 76.1 Å². The van der Waals surface area contributed by atoms with Crippen LogP contribution in [0.5, 0.6) is 0 Å². The smallest absolute Gasteiger partial charge is 0.179 e. The number of carbonyl (C=O) groups is 1. The molecule has 0 radical (unpaired) electrons. The van der Waals surface area contributed by atoms with Crippen LogP contribution in [0.1, 0.15) is 28.9 Å². The van der Waals surface area contributed by atoms with Crippen molar-refractivity contribution in [3.63, 3.8) is 0 Å². The minimum absolute atomic E-state index is 0.227. The Morgan fingerprint density at radius 2 is 2.33 bits per heavy atom. The number of carbonyl (C=O) groups excluding carboxylic acids is 1. The lowest BCUT2D eigenvalue weighted by atomic mass is 10.1. The molecule has 0 spiro atoms. The van der Waals surface area contributed by atoms with E-state index in [4.69, 9.17) is 11.6 Å². The molecule has 0 saturated heterocycles. The van der Waals surface area contributed by atoms with Crippen molar-refractivity contribution in [1.82, 2.24) is 4.57 Å². The van der Waals surface area contributed by atoms with Crippen LogP contribution in [0.25, 0.3) is 0 Å². The van der Waals surface area contributed by atoms with E-state index in [1.165, 1.54) is 0 Å². The number of nitrogens with zero attached hydrogens (tertiary/aromatic N) is 1. The zero-order valence-corrected chi connectivity index (χ0v) is 7.69. The van der Waals surface area contributed by atoms with Gasteiger partial charge in [-0.15, -0.1) is 0 Å². The molecule has 1 aliphatic rings. The molecular formula is C9H10ClNO. The minimum Gasteiger partial charge on any atom is -0.329 e. The first-order valence-electron chi connectivity index (χ1n) is 4.09. The zero-order valence-electron chi connectivity index (χ0n) is 6.93. The second-order valence-corrected chi connectivity index (χ2v) is 3.56. The van der Waals surface area contributed by atoms with E-state index in [-0.39, 0.29) is 5.78 Å². The van der Waals surface area contributed by atoms with Gasteiger partial charge in [-0.1, -0.05) is 11.6 Å². The molecule has 0 aromatic carbocycles. The Morgan fingerprint density at radius 3 is 3.00 bits per heavy atom. The average Bonchev–Trinajstić information content (AvgIpc) is 2.29. The Hall–Kier alpha value is -0.760. The number of hydrogen-bond acceptors (Lipinski definition) is 1. The fourth-order valence-electron chi connectivity index (χ4n) is 1.75. The van der Waals surface area contributed by atoms with Crippen LogP contribution in [0.4, 0.5) is 0 Å². The SMILES string of the molecule is Cc1cc(Cl)n2c1C(=O)CCC2. The van der Waals surface area contributed by atoms with E-state index in [2.05, 4.69) is 0 Å². The van der Waals surface area contributed by atoms with Crippen LogP contribution in [0.2, 0.25) is 5.15 Å². The zero-order chi connectivity index (χ0) is 8.72. The topological polar surface area (TPSA) is 22.0 Å². The second kappa shape index (κ2) is 2.63. The van der Waals surface area contributed by atoms with Gasteiger partial charge < -0.3 is 4.57 Å². The predicted octanol–water partition coefficient (Wildman–Crippen LogP) is 2.43. The van der Waals surface area contributed by atoms with Gasteiger partial charge >= 0.3 is 0 Å². The van der Waals surface area contributed by atoms with Crippen molar-refractivity contribution in [3.8, 4) is 0 Å². The lowest BCUT2D eigenvalue weighted by Crippen LogP contribution is -2.17. The highest BCUT2D eigenvalue weighted by molar-refractivity contribution is 6.30. The van der Waals surface area contributed by atoms with Crippen LogP contribution in [-0.4, -0.2) is 10.4 Å². The van der Waals surface area contributed by atoms with Gasteiger partial charge in [-0.2, -0.15) is 0 Å². The molecule has 12 heavy (non-hydrogen) atoms. The highest BCUT2D eigenvalue weighted by Gasteiger charge is 2.21. The van der Waals surface area contributed by atoms with Gasteiger partial charge in [0.1, 0.15) is 5.15 Å². The Balaban J connectivity index is 2.62. The molecule has 0 bridgehead atoms. The molecule has 2 heterocycles. The average molecular weight is 184 g/mol.